The lowest BCUT2D eigenvalue weighted by atomic mass is 10.0. The highest BCUT2D eigenvalue weighted by Crippen LogP contribution is 2.36. The quantitative estimate of drug-likeness (QED) is 0.304. The molecule has 186 valence electrons. The van der Waals surface area contributed by atoms with Crippen LogP contribution >= 0.6 is 11.8 Å². The normalized spacial score (nSPS) is 12.7. The third kappa shape index (κ3) is 3.95. The SMILES string of the molecule is Nc1nc(Nc2ccc(-n3cc4ccccc4c3)c(F)c2)nn1-c1cc2c(nn1)-c1ccccc1SCC2. The van der Waals surface area contributed by atoms with Crippen LogP contribution in [0.5, 0.6) is 0 Å². The lowest BCUT2D eigenvalue weighted by molar-refractivity contribution is 0.619. The van der Waals surface area contributed by atoms with Crippen molar-refractivity contribution >= 4 is 40.1 Å². The number of nitrogens with one attached hydrogen (secondary N) is 1. The molecule has 10 heteroatoms. The number of anilines is 3. The van der Waals surface area contributed by atoms with E-state index in [1.54, 1.807) is 16.7 Å². The van der Waals surface area contributed by atoms with Gasteiger partial charge in [0, 0.05) is 34.3 Å². The molecule has 0 unspecified atom stereocenters. The van der Waals surface area contributed by atoms with Gasteiger partial charge in [-0.25, -0.2) is 4.39 Å². The Bertz CT molecular complexity index is 1790. The monoisotopic (exact) mass is 520 g/mol. The van der Waals surface area contributed by atoms with E-state index in [-0.39, 0.29) is 17.7 Å². The van der Waals surface area contributed by atoms with Gasteiger partial charge in [-0.2, -0.15) is 9.67 Å². The molecule has 0 saturated carbocycles. The number of aromatic nitrogens is 6. The Morgan fingerprint density at radius 1 is 0.921 bits per heavy atom. The molecule has 0 saturated heterocycles. The molecule has 0 spiro atoms. The Kier molecular flexibility index (Phi) is 5.33. The molecule has 38 heavy (non-hydrogen) atoms. The zero-order valence-corrected chi connectivity index (χ0v) is 20.9. The van der Waals surface area contributed by atoms with Gasteiger partial charge in [0.2, 0.25) is 11.9 Å². The third-order valence-electron chi connectivity index (χ3n) is 6.51. The molecule has 6 aromatic rings. The van der Waals surface area contributed by atoms with Crippen LogP contribution in [0.4, 0.5) is 22.0 Å². The maximum absolute atomic E-state index is 15.1. The molecule has 0 fully saturated rings. The highest BCUT2D eigenvalue weighted by molar-refractivity contribution is 7.99. The molecule has 0 bridgehead atoms. The van der Waals surface area contributed by atoms with Gasteiger partial charge >= 0.3 is 0 Å². The van der Waals surface area contributed by atoms with Gasteiger partial charge in [0.1, 0.15) is 5.82 Å². The fourth-order valence-corrected chi connectivity index (χ4v) is 5.73. The molecular weight excluding hydrogens is 499 g/mol. The number of benzene rings is 3. The maximum Gasteiger partial charge on any atom is 0.248 e. The molecule has 4 heterocycles. The molecule has 1 aliphatic rings. The number of nitrogens with two attached hydrogens (primary N) is 1. The minimum absolute atomic E-state index is 0.154. The fourth-order valence-electron chi connectivity index (χ4n) is 4.69. The van der Waals surface area contributed by atoms with E-state index in [1.807, 2.05) is 66.6 Å². The van der Waals surface area contributed by atoms with Gasteiger partial charge in [-0.1, -0.05) is 42.5 Å². The van der Waals surface area contributed by atoms with Crippen LogP contribution in [0.15, 0.2) is 90.1 Å². The fraction of sp³-hybridized carbons (Fsp3) is 0.0714. The van der Waals surface area contributed by atoms with Crippen molar-refractivity contribution in [1.82, 2.24) is 29.5 Å². The number of nitrogens with zero attached hydrogens (tertiary/aromatic N) is 6. The van der Waals surface area contributed by atoms with Gasteiger partial charge in [0.25, 0.3) is 0 Å². The molecular formula is C28H21FN8S. The number of aryl methyl sites for hydroxylation is 1. The van der Waals surface area contributed by atoms with Crippen LogP contribution < -0.4 is 11.1 Å². The summed E-state index contributed by atoms with van der Waals surface area (Å²) in [7, 11) is 0. The first-order valence-electron chi connectivity index (χ1n) is 12.1. The van der Waals surface area contributed by atoms with Gasteiger partial charge < -0.3 is 15.6 Å². The van der Waals surface area contributed by atoms with Crippen molar-refractivity contribution in [3.8, 4) is 22.8 Å². The summed E-state index contributed by atoms with van der Waals surface area (Å²) in [6.07, 6.45) is 4.66. The van der Waals surface area contributed by atoms with Crippen LogP contribution in [-0.4, -0.2) is 35.3 Å². The first-order chi connectivity index (χ1) is 18.6. The zero-order valence-electron chi connectivity index (χ0n) is 20.0. The van der Waals surface area contributed by atoms with Crippen molar-refractivity contribution in [3.05, 3.63) is 96.6 Å². The van der Waals surface area contributed by atoms with Gasteiger partial charge in [-0.3, -0.25) is 0 Å². The molecule has 7 rings (SSSR count). The first kappa shape index (κ1) is 22.5. The summed E-state index contributed by atoms with van der Waals surface area (Å²) in [6.45, 7) is 0. The molecule has 0 amide bonds. The summed E-state index contributed by atoms with van der Waals surface area (Å²) in [5.41, 5.74) is 10.2. The summed E-state index contributed by atoms with van der Waals surface area (Å²) in [4.78, 5) is 5.50. The number of thioether (sulfide) groups is 1. The Labute approximate surface area is 221 Å². The predicted molar refractivity (Wildman–Crippen MR) is 148 cm³/mol. The summed E-state index contributed by atoms with van der Waals surface area (Å²) >= 11 is 1.81. The van der Waals surface area contributed by atoms with E-state index in [1.165, 1.54) is 15.6 Å². The molecule has 3 aromatic heterocycles. The number of fused-ring (bicyclic) bond motifs is 4. The van der Waals surface area contributed by atoms with Crippen molar-refractivity contribution in [3.63, 3.8) is 0 Å². The van der Waals surface area contributed by atoms with Crippen LogP contribution in [0.25, 0.3) is 33.5 Å². The molecule has 3 aromatic carbocycles. The number of hydrogen-bond donors (Lipinski definition) is 2. The van der Waals surface area contributed by atoms with Crippen molar-refractivity contribution in [2.24, 2.45) is 0 Å². The van der Waals surface area contributed by atoms with Crippen LogP contribution in [0.1, 0.15) is 5.56 Å². The van der Waals surface area contributed by atoms with Crippen LogP contribution in [-0.2, 0) is 6.42 Å². The van der Waals surface area contributed by atoms with E-state index in [9.17, 15) is 0 Å². The van der Waals surface area contributed by atoms with Crippen LogP contribution in [0.2, 0.25) is 0 Å². The van der Waals surface area contributed by atoms with E-state index in [4.69, 9.17) is 5.73 Å². The number of rotatable bonds is 4. The summed E-state index contributed by atoms with van der Waals surface area (Å²) < 4.78 is 18.3. The lowest BCUT2D eigenvalue weighted by Crippen LogP contribution is -2.08. The highest BCUT2D eigenvalue weighted by Gasteiger charge is 2.19. The van der Waals surface area contributed by atoms with Gasteiger partial charge in [0.05, 0.1) is 11.4 Å². The zero-order chi connectivity index (χ0) is 25.6. The van der Waals surface area contributed by atoms with Crippen molar-refractivity contribution in [2.75, 3.05) is 16.8 Å². The molecule has 8 nitrogen and oxygen atoms in total. The summed E-state index contributed by atoms with van der Waals surface area (Å²) in [6, 6.07) is 23.0. The van der Waals surface area contributed by atoms with E-state index >= 15 is 4.39 Å². The van der Waals surface area contributed by atoms with E-state index in [0.717, 1.165) is 39.8 Å². The average molecular weight is 521 g/mol. The minimum Gasteiger partial charge on any atom is -0.368 e. The average Bonchev–Trinajstić information content (AvgIpc) is 3.46. The lowest BCUT2D eigenvalue weighted by Gasteiger charge is -2.09. The van der Waals surface area contributed by atoms with Gasteiger partial charge in [0.15, 0.2) is 5.82 Å². The smallest absolute Gasteiger partial charge is 0.248 e. The van der Waals surface area contributed by atoms with Crippen molar-refractivity contribution in [2.45, 2.75) is 11.3 Å². The summed E-state index contributed by atoms with van der Waals surface area (Å²) in [5.74, 6) is 1.43. The Morgan fingerprint density at radius 2 is 1.71 bits per heavy atom. The van der Waals surface area contributed by atoms with E-state index < -0.39 is 0 Å². The van der Waals surface area contributed by atoms with Gasteiger partial charge in [-0.05, 0) is 53.1 Å². The largest absolute Gasteiger partial charge is 0.368 e. The minimum atomic E-state index is -0.377. The van der Waals surface area contributed by atoms with E-state index in [2.05, 4.69) is 37.7 Å². The second kappa shape index (κ2) is 9.00. The summed E-state index contributed by atoms with van der Waals surface area (Å²) in [5, 5.41) is 18.5. The van der Waals surface area contributed by atoms with Crippen LogP contribution in [0, 0.1) is 5.82 Å². The topological polar surface area (TPSA) is 99.5 Å². The maximum atomic E-state index is 15.1. The Morgan fingerprint density at radius 3 is 2.53 bits per heavy atom. The third-order valence-corrected chi connectivity index (χ3v) is 7.59. The molecule has 1 aliphatic heterocycles. The Hall–Kier alpha value is -4.70. The van der Waals surface area contributed by atoms with Gasteiger partial charge in [-0.15, -0.1) is 27.1 Å². The van der Waals surface area contributed by atoms with Crippen LogP contribution in [0.3, 0.4) is 0 Å². The standard InChI is InChI=1S/C28H21FN8S/c29-22-14-20(9-10-23(22)36-15-18-5-1-2-6-19(18)16-36)31-28-32-27(30)37(35-28)25-13-17-11-12-38-24-8-4-3-7-21(24)26(17)34-33-25/h1-10,13-16H,11-12H2,(H3,30,31,32,35). The number of nitrogen functional groups attached to an aromatic ring is 1. The number of halogens is 1. The first-order valence-corrected chi connectivity index (χ1v) is 13.1. The molecule has 0 atom stereocenters. The second-order valence-corrected chi connectivity index (χ2v) is 10.1. The predicted octanol–water partition coefficient (Wildman–Crippen LogP) is 5.78. The molecule has 0 aliphatic carbocycles. The Balaban J connectivity index is 1.16. The number of hydrogen-bond acceptors (Lipinski definition) is 7. The highest BCUT2D eigenvalue weighted by atomic mass is 32.2. The molecule has 0 radical (unpaired) electrons. The molecule has 3 N–H and O–H groups in total. The van der Waals surface area contributed by atoms with Crippen molar-refractivity contribution in [1.29, 1.82) is 0 Å². The van der Waals surface area contributed by atoms with Crippen molar-refractivity contribution < 1.29 is 4.39 Å². The van der Waals surface area contributed by atoms with E-state index in [0.29, 0.717) is 17.2 Å². The second-order valence-electron chi connectivity index (χ2n) is 8.96.